The molecule has 2 N–H and O–H groups in total. The Morgan fingerprint density at radius 1 is 1.33 bits per heavy atom. The first kappa shape index (κ1) is 15.4. The molecular weight excluding hydrogens is 300 g/mol. The van der Waals surface area contributed by atoms with E-state index < -0.39 is 0 Å². The number of nitrogens with one attached hydrogen (secondary N) is 2. The van der Waals surface area contributed by atoms with Crippen molar-refractivity contribution >= 4 is 5.91 Å². The molecule has 1 fully saturated rings. The molecule has 2 aromatic rings. The molecule has 5 heteroatoms. The molecule has 1 spiro atoms. The van der Waals surface area contributed by atoms with Crippen molar-refractivity contribution in [3.05, 3.63) is 53.1 Å². The van der Waals surface area contributed by atoms with Gasteiger partial charge in [-0.15, -0.1) is 0 Å². The highest BCUT2D eigenvalue weighted by Gasteiger charge is 2.43. The lowest BCUT2D eigenvalue weighted by atomic mass is 9.71. The predicted molar refractivity (Wildman–Crippen MR) is 93.3 cm³/mol. The first-order valence-electron chi connectivity index (χ1n) is 8.89. The summed E-state index contributed by atoms with van der Waals surface area (Å²) in [4.78, 5) is 17.2. The van der Waals surface area contributed by atoms with E-state index in [1.54, 1.807) is 6.20 Å². The van der Waals surface area contributed by atoms with E-state index in [2.05, 4.69) is 39.5 Å². The number of benzene rings is 1. The van der Waals surface area contributed by atoms with Crippen molar-refractivity contribution in [1.29, 1.82) is 0 Å². The SMILES string of the molecule is CCNC(=O)c1cnc2n1CCc1ccccc1C21CCNCC1. The lowest BCUT2D eigenvalue weighted by Gasteiger charge is -2.37. The maximum Gasteiger partial charge on any atom is 0.269 e. The second-order valence-electron chi connectivity index (χ2n) is 6.72. The molecule has 1 aromatic carbocycles. The van der Waals surface area contributed by atoms with E-state index in [0.717, 1.165) is 44.7 Å². The van der Waals surface area contributed by atoms with Gasteiger partial charge in [-0.3, -0.25) is 4.79 Å². The van der Waals surface area contributed by atoms with Gasteiger partial charge < -0.3 is 15.2 Å². The summed E-state index contributed by atoms with van der Waals surface area (Å²) in [5.41, 5.74) is 3.41. The van der Waals surface area contributed by atoms with Gasteiger partial charge in [0.15, 0.2) is 0 Å². The molecular formula is C19H24N4O. The number of imidazole rings is 1. The van der Waals surface area contributed by atoms with Gasteiger partial charge in [-0.05, 0) is 50.4 Å². The molecule has 0 bridgehead atoms. The van der Waals surface area contributed by atoms with E-state index in [-0.39, 0.29) is 11.3 Å². The lowest BCUT2D eigenvalue weighted by Crippen LogP contribution is -2.42. The van der Waals surface area contributed by atoms with Crippen LogP contribution in [0, 0.1) is 0 Å². The molecule has 2 aliphatic heterocycles. The smallest absolute Gasteiger partial charge is 0.269 e. The van der Waals surface area contributed by atoms with E-state index >= 15 is 0 Å². The number of hydrogen-bond acceptors (Lipinski definition) is 3. The molecule has 1 aromatic heterocycles. The molecule has 1 amide bonds. The number of nitrogens with zero attached hydrogens (tertiary/aromatic N) is 2. The number of hydrogen-bond donors (Lipinski definition) is 2. The fourth-order valence-electron chi connectivity index (χ4n) is 4.32. The number of fused-ring (bicyclic) bond motifs is 4. The number of rotatable bonds is 2. The van der Waals surface area contributed by atoms with Crippen LogP contribution in [0.5, 0.6) is 0 Å². The Morgan fingerprint density at radius 3 is 2.92 bits per heavy atom. The lowest BCUT2D eigenvalue weighted by molar-refractivity contribution is 0.0946. The van der Waals surface area contributed by atoms with E-state index in [1.165, 1.54) is 11.1 Å². The molecule has 24 heavy (non-hydrogen) atoms. The highest BCUT2D eigenvalue weighted by Crippen LogP contribution is 2.43. The normalized spacial score (nSPS) is 18.5. The first-order chi connectivity index (χ1) is 11.8. The average molecular weight is 324 g/mol. The van der Waals surface area contributed by atoms with E-state index in [0.29, 0.717) is 12.2 Å². The van der Waals surface area contributed by atoms with Crippen LogP contribution in [0.2, 0.25) is 0 Å². The topological polar surface area (TPSA) is 59.0 Å². The highest BCUT2D eigenvalue weighted by molar-refractivity contribution is 5.92. The number of carbonyl (C=O) groups excluding carboxylic acids is 1. The van der Waals surface area contributed by atoms with Crippen LogP contribution in [0.4, 0.5) is 0 Å². The van der Waals surface area contributed by atoms with E-state index in [9.17, 15) is 4.79 Å². The third-order valence-electron chi connectivity index (χ3n) is 5.45. The van der Waals surface area contributed by atoms with Gasteiger partial charge in [0.25, 0.3) is 5.91 Å². The standard InChI is InChI=1S/C19H24N4O/c1-2-21-17(24)16-13-22-18-19(8-10-20-11-9-19)15-6-4-3-5-14(15)7-12-23(16)18/h3-6,13,20H,2,7-12H2,1H3,(H,21,24). The van der Waals surface area contributed by atoms with Crippen LogP contribution in [-0.2, 0) is 18.4 Å². The molecule has 0 radical (unpaired) electrons. The van der Waals surface area contributed by atoms with Crippen LogP contribution in [0.15, 0.2) is 30.5 Å². The van der Waals surface area contributed by atoms with Gasteiger partial charge >= 0.3 is 0 Å². The molecule has 1 saturated heterocycles. The monoisotopic (exact) mass is 324 g/mol. The van der Waals surface area contributed by atoms with Crippen molar-refractivity contribution in [3.8, 4) is 0 Å². The molecule has 5 nitrogen and oxygen atoms in total. The molecule has 0 atom stereocenters. The van der Waals surface area contributed by atoms with Gasteiger partial charge in [-0.1, -0.05) is 24.3 Å². The molecule has 3 heterocycles. The summed E-state index contributed by atoms with van der Waals surface area (Å²) in [5.74, 6) is 1.04. The fourth-order valence-corrected chi connectivity index (χ4v) is 4.32. The quantitative estimate of drug-likeness (QED) is 0.886. The maximum absolute atomic E-state index is 12.4. The van der Waals surface area contributed by atoms with Gasteiger partial charge in [-0.2, -0.15) is 0 Å². The maximum atomic E-state index is 12.4. The van der Waals surface area contributed by atoms with Crippen LogP contribution >= 0.6 is 0 Å². The Morgan fingerprint density at radius 2 is 2.12 bits per heavy atom. The summed E-state index contributed by atoms with van der Waals surface area (Å²) in [6, 6.07) is 8.74. The first-order valence-corrected chi connectivity index (χ1v) is 8.89. The minimum Gasteiger partial charge on any atom is -0.351 e. The minimum atomic E-state index is -0.0803. The number of piperidine rings is 1. The highest BCUT2D eigenvalue weighted by atomic mass is 16.1. The molecule has 126 valence electrons. The number of aromatic nitrogens is 2. The van der Waals surface area contributed by atoms with Crippen LogP contribution in [0.3, 0.4) is 0 Å². The van der Waals surface area contributed by atoms with Crippen molar-refractivity contribution in [1.82, 2.24) is 20.2 Å². The zero-order valence-corrected chi connectivity index (χ0v) is 14.1. The summed E-state index contributed by atoms with van der Waals surface area (Å²) in [7, 11) is 0. The summed E-state index contributed by atoms with van der Waals surface area (Å²) >= 11 is 0. The number of amides is 1. The molecule has 0 aliphatic carbocycles. The third kappa shape index (κ3) is 2.26. The molecule has 2 aliphatic rings. The van der Waals surface area contributed by atoms with Gasteiger partial charge in [-0.25, -0.2) is 4.98 Å². The number of aryl methyl sites for hydroxylation is 1. The van der Waals surface area contributed by atoms with Crippen LogP contribution < -0.4 is 10.6 Å². The van der Waals surface area contributed by atoms with Gasteiger partial charge in [0, 0.05) is 13.1 Å². The predicted octanol–water partition coefficient (Wildman–Crippen LogP) is 1.86. The zero-order valence-electron chi connectivity index (χ0n) is 14.1. The van der Waals surface area contributed by atoms with Crippen LogP contribution in [0.25, 0.3) is 0 Å². The van der Waals surface area contributed by atoms with E-state index in [4.69, 9.17) is 4.98 Å². The zero-order chi connectivity index (χ0) is 16.6. The van der Waals surface area contributed by atoms with Crippen LogP contribution in [-0.4, -0.2) is 35.1 Å². The Balaban J connectivity index is 1.88. The summed E-state index contributed by atoms with van der Waals surface area (Å²) in [5, 5.41) is 6.39. The Labute approximate surface area is 142 Å². The van der Waals surface area contributed by atoms with Crippen molar-refractivity contribution in [2.75, 3.05) is 19.6 Å². The van der Waals surface area contributed by atoms with Gasteiger partial charge in [0.05, 0.1) is 11.6 Å². The summed E-state index contributed by atoms with van der Waals surface area (Å²) < 4.78 is 2.16. The van der Waals surface area contributed by atoms with Gasteiger partial charge in [0.2, 0.25) is 0 Å². The average Bonchev–Trinajstić information content (AvgIpc) is 3.01. The summed E-state index contributed by atoms with van der Waals surface area (Å²) in [6.45, 7) is 5.36. The van der Waals surface area contributed by atoms with Crippen molar-refractivity contribution < 1.29 is 4.79 Å². The van der Waals surface area contributed by atoms with Crippen molar-refractivity contribution in [2.24, 2.45) is 0 Å². The van der Waals surface area contributed by atoms with Crippen molar-refractivity contribution in [2.45, 2.75) is 38.1 Å². The van der Waals surface area contributed by atoms with E-state index in [1.807, 2.05) is 6.92 Å². The Hall–Kier alpha value is -2.14. The Bertz CT molecular complexity index is 758. The summed E-state index contributed by atoms with van der Waals surface area (Å²) in [6.07, 6.45) is 4.75. The molecule has 4 rings (SSSR count). The fraction of sp³-hybridized carbons (Fsp3) is 0.474. The second-order valence-corrected chi connectivity index (χ2v) is 6.72. The third-order valence-corrected chi connectivity index (χ3v) is 5.45. The van der Waals surface area contributed by atoms with Crippen molar-refractivity contribution in [3.63, 3.8) is 0 Å². The second kappa shape index (κ2) is 6.06. The molecule has 0 unspecified atom stereocenters. The minimum absolute atomic E-state index is 0.0220. The van der Waals surface area contributed by atoms with Gasteiger partial charge in [0.1, 0.15) is 11.5 Å². The number of carbonyl (C=O) groups is 1. The Kier molecular flexibility index (Phi) is 3.88. The van der Waals surface area contributed by atoms with Crippen LogP contribution in [0.1, 0.15) is 47.2 Å². The molecule has 0 saturated carbocycles. The largest absolute Gasteiger partial charge is 0.351 e.